The molecule has 0 atom stereocenters. The zero-order chi connectivity index (χ0) is 30.9. The Kier molecular flexibility index (Phi) is 29.6. The Morgan fingerprint density at radius 3 is 0.976 bits per heavy atom. The van der Waals surface area contributed by atoms with E-state index >= 15 is 0 Å². The lowest BCUT2D eigenvalue weighted by Gasteiger charge is -2.05. The standard InChI is InChI=1S/C36H62O6/c1-3-5-7-9-11-13-15-17-19-21-23-25-27-29-31-33(35(37)38)41-42-34(36(39)40)32-30-28-26-24-22-20-18-16-14-12-10-8-6-4-2/h27-32H,3-26H2,1-2H3,(H,37,38)(H,39,40)/b29-27+,30-28+,33-31-,34-32-. The van der Waals surface area contributed by atoms with Gasteiger partial charge in [-0.2, -0.15) is 0 Å². The Hall–Kier alpha value is -2.50. The quantitative estimate of drug-likeness (QED) is 0.0208. The summed E-state index contributed by atoms with van der Waals surface area (Å²) in [6.07, 6.45) is 39.5. The highest BCUT2D eigenvalue weighted by Crippen LogP contribution is 2.14. The van der Waals surface area contributed by atoms with Crippen molar-refractivity contribution in [2.45, 2.75) is 168 Å². The van der Waals surface area contributed by atoms with Gasteiger partial charge in [0.05, 0.1) is 0 Å². The van der Waals surface area contributed by atoms with E-state index in [2.05, 4.69) is 13.8 Å². The van der Waals surface area contributed by atoms with Gasteiger partial charge in [0, 0.05) is 0 Å². The number of aliphatic carboxylic acids is 2. The van der Waals surface area contributed by atoms with Crippen LogP contribution in [-0.2, 0) is 19.4 Å². The summed E-state index contributed by atoms with van der Waals surface area (Å²) in [5.74, 6) is -3.60. The monoisotopic (exact) mass is 590 g/mol. The first-order valence-electron chi connectivity index (χ1n) is 17.1. The Morgan fingerprint density at radius 2 is 0.714 bits per heavy atom. The van der Waals surface area contributed by atoms with E-state index in [0.717, 1.165) is 38.5 Å². The van der Waals surface area contributed by atoms with Crippen LogP contribution in [0.4, 0.5) is 0 Å². The maximum Gasteiger partial charge on any atom is 0.376 e. The molecule has 0 saturated carbocycles. The smallest absolute Gasteiger partial charge is 0.376 e. The highest BCUT2D eigenvalue weighted by atomic mass is 17.2. The van der Waals surface area contributed by atoms with Crippen molar-refractivity contribution in [3.63, 3.8) is 0 Å². The summed E-state index contributed by atoms with van der Waals surface area (Å²) in [4.78, 5) is 32.6. The Balaban J connectivity index is 4.12. The van der Waals surface area contributed by atoms with Gasteiger partial charge in [-0.25, -0.2) is 9.59 Å². The zero-order valence-electron chi connectivity index (χ0n) is 27.0. The lowest BCUT2D eigenvalue weighted by atomic mass is 10.1. The zero-order valence-corrected chi connectivity index (χ0v) is 27.0. The van der Waals surface area contributed by atoms with Gasteiger partial charge >= 0.3 is 11.9 Å². The molecule has 0 amide bonds. The van der Waals surface area contributed by atoms with E-state index in [4.69, 9.17) is 9.78 Å². The summed E-state index contributed by atoms with van der Waals surface area (Å²) in [6, 6.07) is 0. The van der Waals surface area contributed by atoms with Gasteiger partial charge < -0.3 is 10.2 Å². The molecule has 0 aromatic rings. The van der Waals surface area contributed by atoms with Crippen molar-refractivity contribution >= 4 is 11.9 Å². The van der Waals surface area contributed by atoms with Gasteiger partial charge in [-0.05, 0) is 37.8 Å². The van der Waals surface area contributed by atoms with Crippen molar-refractivity contribution in [2.75, 3.05) is 0 Å². The molecule has 0 aliphatic heterocycles. The normalized spacial score (nSPS) is 12.4. The summed E-state index contributed by atoms with van der Waals surface area (Å²) in [5.41, 5.74) is 0. The maximum absolute atomic E-state index is 11.5. The molecule has 0 spiro atoms. The molecule has 0 radical (unpaired) electrons. The van der Waals surface area contributed by atoms with Crippen LogP contribution in [0.5, 0.6) is 0 Å². The molecule has 0 heterocycles. The summed E-state index contributed by atoms with van der Waals surface area (Å²) in [6.45, 7) is 4.49. The van der Waals surface area contributed by atoms with Crippen molar-refractivity contribution in [2.24, 2.45) is 0 Å². The van der Waals surface area contributed by atoms with Gasteiger partial charge in [0.1, 0.15) is 0 Å². The number of hydrogen-bond acceptors (Lipinski definition) is 4. The third kappa shape index (κ3) is 27.7. The van der Waals surface area contributed by atoms with E-state index in [1.807, 2.05) is 12.2 Å². The second-order valence-electron chi connectivity index (χ2n) is 11.3. The predicted molar refractivity (Wildman–Crippen MR) is 174 cm³/mol. The third-order valence-electron chi connectivity index (χ3n) is 7.36. The van der Waals surface area contributed by atoms with Crippen LogP contribution in [0.3, 0.4) is 0 Å². The number of carbonyl (C=O) groups is 2. The van der Waals surface area contributed by atoms with Crippen molar-refractivity contribution in [1.29, 1.82) is 0 Å². The SMILES string of the molecule is CCCCCCCCCCCCC/C=C/C=C(\OO/C(=C\C=C\CCCCCCCCCCCCC)C(=O)O)C(=O)O. The minimum absolute atomic E-state index is 0.470. The molecule has 2 N–H and O–H groups in total. The minimum atomic E-state index is -1.33. The first kappa shape index (κ1) is 39.5. The molecule has 0 aliphatic rings. The van der Waals surface area contributed by atoms with Crippen LogP contribution in [0.1, 0.15) is 168 Å². The van der Waals surface area contributed by atoms with Crippen molar-refractivity contribution in [1.82, 2.24) is 0 Å². The highest BCUT2D eigenvalue weighted by molar-refractivity contribution is 5.85. The van der Waals surface area contributed by atoms with E-state index in [0.29, 0.717) is 0 Å². The second-order valence-corrected chi connectivity index (χ2v) is 11.3. The fraction of sp³-hybridized carbons (Fsp3) is 0.722. The number of allylic oxidation sites excluding steroid dienone is 6. The molecule has 0 fully saturated rings. The summed E-state index contributed by atoms with van der Waals surface area (Å²) < 4.78 is 0. The van der Waals surface area contributed by atoms with E-state index in [9.17, 15) is 19.8 Å². The van der Waals surface area contributed by atoms with Crippen molar-refractivity contribution < 1.29 is 29.6 Å². The van der Waals surface area contributed by atoms with E-state index in [1.54, 1.807) is 12.2 Å². The number of carboxylic acids is 2. The largest absolute Gasteiger partial charge is 0.475 e. The van der Waals surface area contributed by atoms with Crippen LogP contribution in [-0.4, -0.2) is 22.2 Å². The van der Waals surface area contributed by atoms with Crippen LogP contribution < -0.4 is 0 Å². The number of rotatable bonds is 31. The van der Waals surface area contributed by atoms with Crippen LogP contribution in [0.25, 0.3) is 0 Å². The number of unbranched alkanes of at least 4 members (excludes halogenated alkanes) is 22. The molecule has 0 unspecified atom stereocenters. The molecule has 0 aliphatic carbocycles. The van der Waals surface area contributed by atoms with E-state index in [-0.39, 0.29) is 0 Å². The van der Waals surface area contributed by atoms with Crippen LogP contribution >= 0.6 is 0 Å². The topological polar surface area (TPSA) is 93.1 Å². The van der Waals surface area contributed by atoms with Crippen LogP contribution in [0.2, 0.25) is 0 Å². The van der Waals surface area contributed by atoms with Gasteiger partial charge in [0.25, 0.3) is 11.5 Å². The van der Waals surface area contributed by atoms with Crippen LogP contribution in [0.15, 0.2) is 48.0 Å². The third-order valence-corrected chi connectivity index (χ3v) is 7.36. The lowest BCUT2D eigenvalue weighted by Crippen LogP contribution is -2.10. The maximum atomic E-state index is 11.5. The van der Waals surface area contributed by atoms with Gasteiger partial charge in [0.2, 0.25) is 0 Å². The molecule has 6 nitrogen and oxygen atoms in total. The molecule has 0 aromatic carbocycles. The van der Waals surface area contributed by atoms with Crippen LogP contribution in [0, 0.1) is 0 Å². The number of hydrogen-bond donors (Lipinski definition) is 2. The fourth-order valence-corrected chi connectivity index (χ4v) is 4.72. The Bertz CT molecular complexity index is 701. The highest BCUT2D eigenvalue weighted by Gasteiger charge is 2.15. The van der Waals surface area contributed by atoms with Gasteiger partial charge in [-0.1, -0.05) is 167 Å². The second kappa shape index (κ2) is 31.4. The predicted octanol–water partition coefficient (Wildman–Crippen LogP) is 11.4. The molecule has 0 rings (SSSR count). The van der Waals surface area contributed by atoms with E-state index in [1.165, 1.54) is 128 Å². The molecule has 42 heavy (non-hydrogen) atoms. The van der Waals surface area contributed by atoms with E-state index < -0.39 is 23.5 Å². The Morgan fingerprint density at radius 1 is 0.452 bits per heavy atom. The first-order chi connectivity index (χ1) is 20.5. The molecule has 0 aromatic heterocycles. The average molecular weight is 591 g/mol. The minimum Gasteiger partial charge on any atom is -0.475 e. The molecule has 0 bridgehead atoms. The molecule has 242 valence electrons. The van der Waals surface area contributed by atoms with Gasteiger partial charge in [0.15, 0.2) is 0 Å². The van der Waals surface area contributed by atoms with Gasteiger partial charge in [-0.15, -0.1) is 0 Å². The average Bonchev–Trinajstić information content (AvgIpc) is 2.97. The fourth-order valence-electron chi connectivity index (χ4n) is 4.72. The molecule has 6 heteroatoms. The molecule has 0 saturated heterocycles. The van der Waals surface area contributed by atoms with Crippen molar-refractivity contribution in [3.8, 4) is 0 Å². The number of carboxylic acid groups (broad SMARTS) is 2. The van der Waals surface area contributed by atoms with Crippen molar-refractivity contribution in [3.05, 3.63) is 48.0 Å². The molecular weight excluding hydrogens is 528 g/mol. The summed E-state index contributed by atoms with van der Waals surface area (Å²) in [5, 5.41) is 18.7. The lowest BCUT2D eigenvalue weighted by molar-refractivity contribution is -0.233. The van der Waals surface area contributed by atoms with Gasteiger partial charge in [-0.3, -0.25) is 9.78 Å². The molecular formula is C36H62O6. The first-order valence-corrected chi connectivity index (χ1v) is 17.1. The Labute approximate surface area is 257 Å². The summed E-state index contributed by atoms with van der Waals surface area (Å²) >= 11 is 0. The summed E-state index contributed by atoms with van der Waals surface area (Å²) in [7, 11) is 0.